The highest BCUT2D eigenvalue weighted by Crippen LogP contribution is 2.16. The Morgan fingerprint density at radius 2 is 2.14 bits per heavy atom. The monoisotopic (exact) mass is 417 g/mol. The van der Waals surface area contributed by atoms with Gasteiger partial charge in [0.05, 0.1) is 46.0 Å². The largest absolute Gasteiger partial charge is 0.350 e. The van der Waals surface area contributed by atoms with Gasteiger partial charge in [0.25, 0.3) is 0 Å². The van der Waals surface area contributed by atoms with Crippen molar-refractivity contribution >= 4 is 37.8 Å². The third-order valence-corrected chi connectivity index (χ3v) is 4.21. The summed E-state index contributed by atoms with van der Waals surface area (Å²) in [5, 5.41) is 11.3. The minimum atomic E-state index is -0.159. The molecule has 0 aromatic carbocycles. The third kappa shape index (κ3) is 4.16. The second-order valence-corrected chi connectivity index (χ2v) is 6.52. The standard InChI is InChI=1S/C13H17Br2N5O/c1-3-20-12(11(15)5-18-20)6-16-13(21)9(2)7-19-8-10(14)4-17-19/h4-5,8-9H,3,6-7H2,1-2H3,(H,16,21). The Labute approximate surface area is 140 Å². The summed E-state index contributed by atoms with van der Waals surface area (Å²) in [5.74, 6) is -0.161. The number of hydrogen-bond donors (Lipinski definition) is 1. The van der Waals surface area contributed by atoms with Crippen LogP contribution in [-0.4, -0.2) is 25.5 Å². The molecule has 0 radical (unpaired) electrons. The molecule has 0 aliphatic rings. The second kappa shape index (κ2) is 7.22. The number of halogens is 2. The van der Waals surface area contributed by atoms with E-state index in [1.807, 2.05) is 24.7 Å². The van der Waals surface area contributed by atoms with Gasteiger partial charge in [0, 0.05) is 12.7 Å². The van der Waals surface area contributed by atoms with Crippen LogP contribution in [0, 0.1) is 5.92 Å². The maximum atomic E-state index is 12.2. The molecule has 1 amide bonds. The first-order valence-corrected chi connectivity index (χ1v) is 8.25. The van der Waals surface area contributed by atoms with Crippen molar-refractivity contribution in [3.8, 4) is 0 Å². The predicted molar refractivity (Wildman–Crippen MR) is 86.5 cm³/mol. The molecular formula is C13H17Br2N5O. The van der Waals surface area contributed by atoms with Gasteiger partial charge in [-0.1, -0.05) is 6.92 Å². The maximum Gasteiger partial charge on any atom is 0.225 e. The zero-order valence-corrected chi connectivity index (χ0v) is 15.1. The quantitative estimate of drug-likeness (QED) is 0.783. The molecule has 2 rings (SSSR count). The van der Waals surface area contributed by atoms with Gasteiger partial charge in [-0.3, -0.25) is 14.2 Å². The van der Waals surface area contributed by atoms with Crippen molar-refractivity contribution in [1.82, 2.24) is 24.9 Å². The van der Waals surface area contributed by atoms with E-state index in [9.17, 15) is 4.79 Å². The highest BCUT2D eigenvalue weighted by atomic mass is 79.9. The molecule has 2 aromatic rings. The van der Waals surface area contributed by atoms with Crippen LogP contribution in [0.2, 0.25) is 0 Å². The van der Waals surface area contributed by atoms with Gasteiger partial charge in [-0.2, -0.15) is 10.2 Å². The van der Waals surface area contributed by atoms with E-state index in [0.717, 1.165) is 21.2 Å². The molecule has 0 saturated carbocycles. The Bertz CT molecular complexity index is 622. The zero-order chi connectivity index (χ0) is 15.4. The molecule has 1 atom stereocenters. The normalized spacial score (nSPS) is 12.4. The zero-order valence-electron chi connectivity index (χ0n) is 11.9. The summed E-state index contributed by atoms with van der Waals surface area (Å²) < 4.78 is 5.43. The van der Waals surface area contributed by atoms with Crippen LogP contribution in [-0.2, 0) is 24.4 Å². The van der Waals surface area contributed by atoms with Gasteiger partial charge in [0.2, 0.25) is 5.91 Å². The molecule has 1 N–H and O–H groups in total. The highest BCUT2D eigenvalue weighted by molar-refractivity contribution is 9.10. The number of carbonyl (C=O) groups is 1. The van der Waals surface area contributed by atoms with Crippen molar-refractivity contribution < 1.29 is 4.79 Å². The molecule has 0 spiro atoms. The Kier molecular flexibility index (Phi) is 5.58. The highest BCUT2D eigenvalue weighted by Gasteiger charge is 2.15. The SMILES string of the molecule is CCn1ncc(Br)c1CNC(=O)C(C)Cn1cc(Br)cn1. The number of rotatable bonds is 6. The number of amides is 1. The number of nitrogens with zero attached hydrogens (tertiary/aromatic N) is 4. The van der Waals surface area contributed by atoms with Crippen LogP contribution in [0.1, 0.15) is 19.5 Å². The van der Waals surface area contributed by atoms with Gasteiger partial charge < -0.3 is 5.32 Å². The van der Waals surface area contributed by atoms with Crippen molar-refractivity contribution in [2.75, 3.05) is 0 Å². The van der Waals surface area contributed by atoms with Gasteiger partial charge in [-0.15, -0.1) is 0 Å². The molecule has 2 aromatic heterocycles. The summed E-state index contributed by atoms with van der Waals surface area (Å²) in [6, 6.07) is 0. The van der Waals surface area contributed by atoms with Crippen LogP contribution >= 0.6 is 31.9 Å². The van der Waals surface area contributed by atoms with Gasteiger partial charge in [-0.25, -0.2) is 0 Å². The first-order chi connectivity index (χ1) is 10.0. The predicted octanol–water partition coefficient (Wildman–Crippen LogP) is 2.58. The lowest BCUT2D eigenvalue weighted by molar-refractivity contribution is -0.125. The van der Waals surface area contributed by atoms with Crippen molar-refractivity contribution in [2.45, 2.75) is 33.5 Å². The van der Waals surface area contributed by atoms with Crippen LogP contribution in [0.25, 0.3) is 0 Å². The first kappa shape index (κ1) is 16.2. The Balaban J connectivity index is 1.90. The molecule has 8 heteroatoms. The summed E-state index contributed by atoms with van der Waals surface area (Å²) in [6.07, 6.45) is 5.31. The Morgan fingerprint density at radius 3 is 2.76 bits per heavy atom. The number of nitrogens with one attached hydrogen (secondary N) is 1. The molecular weight excluding hydrogens is 402 g/mol. The van der Waals surface area contributed by atoms with Crippen molar-refractivity contribution in [3.05, 3.63) is 33.2 Å². The minimum absolute atomic E-state index is 0.00243. The van der Waals surface area contributed by atoms with E-state index in [2.05, 4.69) is 47.4 Å². The summed E-state index contributed by atoms with van der Waals surface area (Å²) in [7, 11) is 0. The molecule has 0 saturated heterocycles. The number of aryl methyl sites for hydroxylation is 1. The number of aromatic nitrogens is 4. The number of hydrogen-bond acceptors (Lipinski definition) is 3. The lowest BCUT2D eigenvalue weighted by Gasteiger charge is -2.13. The topological polar surface area (TPSA) is 64.7 Å². The average molecular weight is 419 g/mol. The van der Waals surface area contributed by atoms with E-state index >= 15 is 0 Å². The van der Waals surface area contributed by atoms with Crippen LogP contribution < -0.4 is 5.32 Å². The average Bonchev–Trinajstić information content (AvgIpc) is 3.02. The van der Waals surface area contributed by atoms with E-state index in [0.29, 0.717) is 13.1 Å². The summed E-state index contributed by atoms with van der Waals surface area (Å²) in [6.45, 7) is 5.68. The fourth-order valence-corrected chi connectivity index (χ4v) is 2.75. The molecule has 21 heavy (non-hydrogen) atoms. The summed E-state index contributed by atoms with van der Waals surface area (Å²) >= 11 is 6.79. The summed E-state index contributed by atoms with van der Waals surface area (Å²) in [4.78, 5) is 12.2. The van der Waals surface area contributed by atoms with Gasteiger partial charge in [-0.05, 0) is 38.8 Å². The second-order valence-electron chi connectivity index (χ2n) is 4.75. The lowest BCUT2D eigenvalue weighted by atomic mass is 10.1. The van der Waals surface area contributed by atoms with Crippen molar-refractivity contribution in [3.63, 3.8) is 0 Å². The third-order valence-electron chi connectivity index (χ3n) is 3.14. The molecule has 0 bridgehead atoms. The van der Waals surface area contributed by atoms with E-state index in [-0.39, 0.29) is 11.8 Å². The molecule has 1 unspecified atom stereocenters. The molecule has 0 aliphatic carbocycles. The van der Waals surface area contributed by atoms with Crippen LogP contribution in [0.15, 0.2) is 27.5 Å². The van der Waals surface area contributed by atoms with E-state index in [1.54, 1.807) is 17.1 Å². The van der Waals surface area contributed by atoms with Gasteiger partial charge in [0.1, 0.15) is 0 Å². The van der Waals surface area contributed by atoms with Crippen LogP contribution in [0.4, 0.5) is 0 Å². The minimum Gasteiger partial charge on any atom is -0.350 e. The maximum absolute atomic E-state index is 12.2. The lowest BCUT2D eigenvalue weighted by Crippen LogP contribution is -2.32. The van der Waals surface area contributed by atoms with Crippen molar-refractivity contribution in [1.29, 1.82) is 0 Å². The van der Waals surface area contributed by atoms with Crippen LogP contribution in [0.5, 0.6) is 0 Å². The van der Waals surface area contributed by atoms with Crippen molar-refractivity contribution in [2.24, 2.45) is 5.92 Å². The van der Waals surface area contributed by atoms with Gasteiger partial charge in [0.15, 0.2) is 0 Å². The first-order valence-electron chi connectivity index (χ1n) is 6.67. The number of carbonyl (C=O) groups excluding carboxylic acids is 1. The Hall–Kier alpha value is -1.15. The van der Waals surface area contributed by atoms with E-state index in [1.165, 1.54) is 0 Å². The van der Waals surface area contributed by atoms with E-state index in [4.69, 9.17) is 0 Å². The molecule has 6 nitrogen and oxygen atoms in total. The van der Waals surface area contributed by atoms with Crippen LogP contribution in [0.3, 0.4) is 0 Å². The summed E-state index contributed by atoms with van der Waals surface area (Å²) in [5.41, 5.74) is 0.972. The fraction of sp³-hybridized carbons (Fsp3) is 0.462. The molecule has 2 heterocycles. The molecule has 0 fully saturated rings. The smallest absolute Gasteiger partial charge is 0.225 e. The van der Waals surface area contributed by atoms with E-state index < -0.39 is 0 Å². The Morgan fingerprint density at radius 1 is 1.38 bits per heavy atom. The van der Waals surface area contributed by atoms with Gasteiger partial charge >= 0.3 is 0 Å². The molecule has 114 valence electrons. The molecule has 0 aliphatic heterocycles. The fourth-order valence-electron chi connectivity index (χ4n) is 1.98.